The molecule has 0 aromatic rings. The fourth-order valence-corrected chi connectivity index (χ4v) is 6.83. The predicted molar refractivity (Wildman–Crippen MR) is 85.1 cm³/mol. The molecule has 1 heterocycles. The molecule has 0 spiro atoms. The maximum Gasteiger partial charge on any atom is 0.168 e. The van der Waals surface area contributed by atoms with Gasteiger partial charge >= 0.3 is 0 Å². The summed E-state index contributed by atoms with van der Waals surface area (Å²) in [5.74, 6) is 0.535. The van der Waals surface area contributed by atoms with Crippen molar-refractivity contribution >= 4 is 0 Å². The van der Waals surface area contributed by atoms with Crippen molar-refractivity contribution in [3.8, 4) is 0 Å². The van der Waals surface area contributed by atoms with Crippen molar-refractivity contribution in [1.29, 1.82) is 0 Å². The second kappa shape index (κ2) is 4.70. The molecule has 0 bridgehead atoms. The second-order valence-corrected chi connectivity index (χ2v) is 9.24. The first-order chi connectivity index (χ1) is 10.3. The van der Waals surface area contributed by atoms with E-state index in [0.29, 0.717) is 41.6 Å². The summed E-state index contributed by atoms with van der Waals surface area (Å²) in [5, 5.41) is 21.7. The molecule has 2 N–H and O–H groups in total. The summed E-state index contributed by atoms with van der Waals surface area (Å²) < 4.78 is 6.27. The summed E-state index contributed by atoms with van der Waals surface area (Å²) in [5.41, 5.74) is -0.0444. The zero-order valence-corrected chi connectivity index (χ0v) is 14.3. The second-order valence-electron chi connectivity index (χ2n) is 9.24. The number of rotatable bonds is 0. The SMILES string of the molecule is C[C@H]1CO[C@H]2[C@@H]3CC[C@H]4CCCC(O)(O)[C@]4(C)[C@H]3CC[C@]12C. The highest BCUT2D eigenvalue weighted by Crippen LogP contribution is 2.65. The molecule has 4 fully saturated rings. The summed E-state index contributed by atoms with van der Waals surface area (Å²) in [7, 11) is 0. The Bertz CT molecular complexity index is 462. The Labute approximate surface area is 134 Å². The van der Waals surface area contributed by atoms with Crippen LogP contribution in [0.3, 0.4) is 0 Å². The van der Waals surface area contributed by atoms with E-state index in [4.69, 9.17) is 4.74 Å². The van der Waals surface area contributed by atoms with Gasteiger partial charge in [-0.2, -0.15) is 0 Å². The maximum absolute atomic E-state index is 10.8. The number of ether oxygens (including phenoxy) is 1. The Balaban J connectivity index is 1.70. The van der Waals surface area contributed by atoms with Crippen molar-refractivity contribution in [2.45, 2.75) is 77.6 Å². The Morgan fingerprint density at radius 3 is 2.55 bits per heavy atom. The monoisotopic (exact) mass is 308 g/mol. The van der Waals surface area contributed by atoms with Crippen LogP contribution in [0.15, 0.2) is 0 Å². The van der Waals surface area contributed by atoms with Gasteiger partial charge in [-0.1, -0.05) is 20.8 Å². The van der Waals surface area contributed by atoms with Gasteiger partial charge in [-0.25, -0.2) is 0 Å². The van der Waals surface area contributed by atoms with Crippen molar-refractivity contribution in [3.05, 3.63) is 0 Å². The average Bonchev–Trinajstić information content (AvgIpc) is 2.76. The van der Waals surface area contributed by atoms with E-state index in [0.717, 1.165) is 25.9 Å². The highest BCUT2D eigenvalue weighted by Gasteiger charge is 2.65. The molecular weight excluding hydrogens is 276 g/mol. The average molecular weight is 308 g/mol. The van der Waals surface area contributed by atoms with Crippen molar-refractivity contribution in [2.24, 2.45) is 34.5 Å². The van der Waals surface area contributed by atoms with Crippen molar-refractivity contribution in [1.82, 2.24) is 0 Å². The fraction of sp³-hybridized carbons (Fsp3) is 1.00. The van der Waals surface area contributed by atoms with Crippen LogP contribution in [0, 0.1) is 34.5 Å². The molecule has 126 valence electrons. The lowest BCUT2D eigenvalue weighted by atomic mass is 9.44. The van der Waals surface area contributed by atoms with Crippen molar-refractivity contribution in [2.75, 3.05) is 6.61 Å². The van der Waals surface area contributed by atoms with E-state index in [9.17, 15) is 10.2 Å². The third kappa shape index (κ3) is 1.74. The molecular formula is C19H32O3. The minimum atomic E-state index is -1.49. The minimum Gasteiger partial charge on any atom is -0.377 e. The van der Waals surface area contributed by atoms with Crippen molar-refractivity contribution < 1.29 is 14.9 Å². The molecule has 1 saturated heterocycles. The lowest BCUT2D eigenvalue weighted by Crippen LogP contribution is -2.64. The molecule has 4 rings (SSSR count). The van der Waals surface area contributed by atoms with Gasteiger partial charge in [0.25, 0.3) is 0 Å². The largest absolute Gasteiger partial charge is 0.377 e. The van der Waals surface area contributed by atoms with Crippen LogP contribution in [0.1, 0.15) is 65.7 Å². The molecule has 3 heteroatoms. The zero-order valence-electron chi connectivity index (χ0n) is 14.3. The van der Waals surface area contributed by atoms with E-state index in [-0.39, 0.29) is 5.41 Å². The van der Waals surface area contributed by atoms with E-state index in [1.165, 1.54) is 19.3 Å². The van der Waals surface area contributed by atoms with Gasteiger partial charge in [-0.05, 0) is 67.6 Å². The number of fused-ring (bicyclic) bond motifs is 5. The molecule has 4 aliphatic rings. The summed E-state index contributed by atoms with van der Waals surface area (Å²) in [6, 6.07) is 0. The van der Waals surface area contributed by atoms with E-state index >= 15 is 0 Å². The molecule has 3 saturated carbocycles. The molecule has 0 unspecified atom stereocenters. The van der Waals surface area contributed by atoms with Crippen LogP contribution in [0.25, 0.3) is 0 Å². The first-order valence-corrected chi connectivity index (χ1v) is 9.37. The minimum absolute atomic E-state index is 0.298. The third-order valence-electron chi connectivity index (χ3n) is 8.61. The van der Waals surface area contributed by atoms with Gasteiger partial charge in [0.1, 0.15) is 0 Å². The summed E-state index contributed by atoms with van der Waals surface area (Å²) >= 11 is 0. The highest BCUT2D eigenvalue weighted by molar-refractivity contribution is 5.12. The smallest absolute Gasteiger partial charge is 0.168 e. The van der Waals surface area contributed by atoms with Crippen LogP contribution < -0.4 is 0 Å². The highest BCUT2D eigenvalue weighted by atomic mass is 16.5. The number of aliphatic hydroxyl groups is 2. The normalized spacial score (nSPS) is 56.9. The van der Waals surface area contributed by atoms with Gasteiger partial charge in [0.2, 0.25) is 0 Å². The van der Waals surface area contributed by atoms with E-state index in [1.54, 1.807) is 0 Å². The van der Waals surface area contributed by atoms with Crippen LogP contribution in [0.5, 0.6) is 0 Å². The lowest BCUT2D eigenvalue weighted by molar-refractivity contribution is -0.314. The van der Waals surface area contributed by atoms with E-state index < -0.39 is 5.79 Å². The first-order valence-electron chi connectivity index (χ1n) is 9.37. The molecule has 0 aromatic heterocycles. The quantitative estimate of drug-likeness (QED) is 0.675. The molecule has 1 aliphatic heterocycles. The third-order valence-corrected chi connectivity index (χ3v) is 8.61. The molecule has 0 aromatic carbocycles. The summed E-state index contributed by atoms with van der Waals surface area (Å²) in [6.07, 6.45) is 7.68. The van der Waals surface area contributed by atoms with Gasteiger partial charge in [-0.15, -0.1) is 0 Å². The van der Waals surface area contributed by atoms with Gasteiger partial charge in [-0.3, -0.25) is 0 Å². The van der Waals surface area contributed by atoms with Crippen molar-refractivity contribution in [3.63, 3.8) is 0 Å². The van der Waals surface area contributed by atoms with Crippen LogP contribution in [0.4, 0.5) is 0 Å². The topological polar surface area (TPSA) is 49.7 Å². The van der Waals surface area contributed by atoms with Gasteiger partial charge in [0.15, 0.2) is 5.79 Å². The molecule has 3 nitrogen and oxygen atoms in total. The van der Waals surface area contributed by atoms with Crippen LogP contribution in [0.2, 0.25) is 0 Å². The maximum atomic E-state index is 10.8. The molecule has 22 heavy (non-hydrogen) atoms. The van der Waals surface area contributed by atoms with Crippen LogP contribution in [-0.2, 0) is 4.74 Å². The zero-order chi connectivity index (χ0) is 15.8. The van der Waals surface area contributed by atoms with Crippen LogP contribution in [-0.4, -0.2) is 28.7 Å². The molecule has 0 radical (unpaired) electrons. The van der Waals surface area contributed by atoms with Gasteiger partial charge in [0.05, 0.1) is 12.7 Å². The Morgan fingerprint density at radius 1 is 1.00 bits per heavy atom. The van der Waals surface area contributed by atoms with Crippen LogP contribution >= 0.6 is 0 Å². The molecule has 7 atom stereocenters. The molecule has 3 aliphatic carbocycles. The van der Waals surface area contributed by atoms with Gasteiger partial charge < -0.3 is 14.9 Å². The number of hydrogen-bond acceptors (Lipinski definition) is 3. The number of hydrogen-bond donors (Lipinski definition) is 2. The van der Waals surface area contributed by atoms with Gasteiger partial charge in [0, 0.05) is 11.8 Å². The fourth-order valence-electron chi connectivity index (χ4n) is 6.83. The van der Waals surface area contributed by atoms with E-state index in [1.807, 2.05) is 0 Å². The first kappa shape index (κ1) is 15.4. The lowest BCUT2D eigenvalue weighted by Gasteiger charge is -2.63. The Hall–Kier alpha value is -0.120. The summed E-state index contributed by atoms with van der Waals surface area (Å²) in [6.45, 7) is 7.80. The Kier molecular flexibility index (Phi) is 3.30. The standard InChI is InChI=1S/C19H32O3/c1-12-11-22-16-14-7-6-13-5-4-9-19(20,21)18(13,3)15(14)8-10-17(12,16)2/h12-16,20-21H,4-11H2,1-3H3/t12-,13+,14+,15-,16-,17+,18-/m0/s1. The van der Waals surface area contributed by atoms with E-state index in [2.05, 4.69) is 20.8 Å². The summed E-state index contributed by atoms with van der Waals surface area (Å²) in [4.78, 5) is 0. The Morgan fingerprint density at radius 2 is 1.77 bits per heavy atom. The predicted octanol–water partition coefficient (Wildman–Crippen LogP) is 3.33. The molecule has 0 amide bonds.